The Morgan fingerprint density at radius 3 is 2.93 bits per heavy atom. The summed E-state index contributed by atoms with van der Waals surface area (Å²) in [7, 11) is 2.91. The first kappa shape index (κ1) is 10.3. The van der Waals surface area contributed by atoms with Crippen molar-refractivity contribution in [2.24, 2.45) is 0 Å². The number of benzene rings is 1. The Bertz CT molecular complexity index is 342. The smallest absolute Gasteiger partial charge is 0.330 e. The van der Waals surface area contributed by atoms with Crippen LogP contribution in [0.3, 0.4) is 0 Å². The highest BCUT2D eigenvalue weighted by molar-refractivity contribution is 5.86. The van der Waals surface area contributed by atoms with Crippen molar-refractivity contribution in [1.29, 1.82) is 0 Å². The molecule has 1 aromatic carbocycles. The van der Waals surface area contributed by atoms with Crippen LogP contribution in [0.15, 0.2) is 24.3 Å². The molecule has 14 heavy (non-hydrogen) atoms. The minimum atomic E-state index is -0.378. The molecule has 0 atom stereocenters. The number of ether oxygens (including phenoxy) is 2. The molecule has 0 unspecified atom stereocenters. The maximum Gasteiger partial charge on any atom is 0.330 e. The van der Waals surface area contributed by atoms with Gasteiger partial charge in [-0.2, -0.15) is 0 Å². The highest BCUT2D eigenvalue weighted by Crippen LogP contribution is 2.12. The van der Waals surface area contributed by atoms with Gasteiger partial charge in [-0.3, -0.25) is 0 Å². The Hall–Kier alpha value is -1.77. The first-order valence-electron chi connectivity index (χ1n) is 4.08. The van der Waals surface area contributed by atoms with E-state index in [1.54, 1.807) is 25.3 Å². The fraction of sp³-hybridized carbons (Fsp3) is 0.182. The van der Waals surface area contributed by atoms with Crippen molar-refractivity contribution in [2.45, 2.75) is 0 Å². The van der Waals surface area contributed by atoms with E-state index in [0.717, 1.165) is 5.56 Å². The Kier molecular flexibility index (Phi) is 3.73. The molecule has 0 aliphatic rings. The SMILES string of the molecule is COC(=O)/C=C/c1cc[c]c(OC)c1. The zero-order chi connectivity index (χ0) is 10.4. The van der Waals surface area contributed by atoms with Crippen LogP contribution in [0.4, 0.5) is 0 Å². The monoisotopic (exact) mass is 191 g/mol. The molecule has 73 valence electrons. The predicted molar refractivity (Wildman–Crippen MR) is 52.9 cm³/mol. The molecule has 0 saturated carbocycles. The molecule has 0 amide bonds. The van der Waals surface area contributed by atoms with Crippen molar-refractivity contribution in [3.05, 3.63) is 35.9 Å². The molecule has 3 heteroatoms. The maximum absolute atomic E-state index is 10.8. The van der Waals surface area contributed by atoms with Crippen LogP contribution in [0, 0.1) is 6.07 Å². The quantitative estimate of drug-likeness (QED) is 0.538. The average Bonchev–Trinajstić information content (AvgIpc) is 2.26. The Balaban J connectivity index is 2.76. The van der Waals surface area contributed by atoms with Crippen molar-refractivity contribution in [3.63, 3.8) is 0 Å². The van der Waals surface area contributed by atoms with E-state index in [2.05, 4.69) is 10.8 Å². The van der Waals surface area contributed by atoms with Gasteiger partial charge in [0.15, 0.2) is 0 Å². The minimum Gasteiger partial charge on any atom is -0.496 e. The molecule has 0 saturated heterocycles. The zero-order valence-electron chi connectivity index (χ0n) is 8.11. The lowest BCUT2D eigenvalue weighted by Gasteiger charge is -1.98. The van der Waals surface area contributed by atoms with E-state index in [9.17, 15) is 4.79 Å². The van der Waals surface area contributed by atoms with Gasteiger partial charge in [-0.05, 0) is 23.8 Å². The summed E-state index contributed by atoms with van der Waals surface area (Å²) in [5.41, 5.74) is 0.867. The molecule has 0 heterocycles. The van der Waals surface area contributed by atoms with Crippen LogP contribution in [0.1, 0.15) is 5.56 Å². The van der Waals surface area contributed by atoms with Crippen LogP contribution in [0.5, 0.6) is 5.75 Å². The maximum atomic E-state index is 10.8. The van der Waals surface area contributed by atoms with Crippen molar-refractivity contribution in [1.82, 2.24) is 0 Å². The van der Waals surface area contributed by atoms with E-state index >= 15 is 0 Å². The number of hydrogen-bond acceptors (Lipinski definition) is 3. The third-order valence-corrected chi connectivity index (χ3v) is 1.63. The van der Waals surface area contributed by atoms with E-state index in [1.165, 1.54) is 13.2 Å². The molecule has 0 fully saturated rings. The predicted octanol–water partition coefficient (Wildman–Crippen LogP) is 1.68. The third-order valence-electron chi connectivity index (χ3n) is 1.63. The number of esters is 1. The molecule has 3 nitrogen and oxygen atoms in total. The van der Waals surface area contributed by atoms with Crippen molar-refractivity contribution >= 4 is 12.0 Å². The van der Waals surface area contributed by atoms with Crippen LogP contribution in [0.25, 0.3) is 6.08 Å². The number of hydrogen-bond donors (Lipinski definition) is 0. The van der Waals surface area contributed by atoms with E-state index in [0.29, 0.717) is 5.75 Å². The third kappa shape index (κ3) is 2.94. The van der Waals surface area contributed by atoms with Gasteiger partial charge in [0, 0.05) is 12.1 Å². The number of methoxy groups -OCH3 is 2. The number of carbonyl (C=O) groups excluding carboxylic acids is 1. The van der Waals surface area contributed by atoms with Gasteiger partial charge in [0.05, 0.1) is 14.2 Å². The van der Waals surface area contributed by atoms with Gasteiger partial charge in [0.25, 0.3) is 0 Å². The summed E-state index contributed by atoms with van der Waals surface area (Å²) in [6.07, 6.45) is 3.01. The lowest BCUT2D eigenvalue weighted by Crippen LogP contribution is -1.93. The first-order valence-corrected chi connectivity index (χ1v) is 4.08. The van der Waals surface area contributed by atoms with Crippen LogP contribution in [0.2, 0.25) is 0 Å². The normalized spacial score (nSPS) is 10.1. The average molecular weight is 191 g/mol. The van der Waals surface area contributed by atoms with Gasteiger partial charge in [0.1, 0.15) is 5.75 Å². The minimum absolute atomic E-state index is 0.378. The molecular formula is C11H11O3. The van der Waals surface area contributed by atoms with Gasteiger partial charge in [-0.15, -0.1) is 0 Å². The van der Waals surface area contributed by atoms with E-state index in [-0.39, 0.29) is 5.97 Å². The molecule has 0 aliphatic carbocycles. The molecule has 0 spiro atoms. The second kappa shape index (κ2) is 5.07. The topological polar surface area (TPSA) is 35.5 Å². The van der Waals surface area contributed by atoms with Crippen molar-refractivity contribution < 1.29 is 14.3 Å². The highest BCUT2D eigenvalue weighted by atomic mass is 16.5. The molecular weight excluding hydrogens is 180 g/mol. The first-order chi connectivity index (χ1) is 6.76. The summed E-state index contributed by atoms with van der Waals surface area (Å²) in [5.74, 6) is 0.258. The van der Waals surface area contributed by atoms with Gasteiger partial charge >= 0.3 is 5.97 Å². The van der Waals surface area contributed by atoms with Gasteiger partial charge in [-0.25, -0.2) is 4.79 Å². The highest BCUT2D eigenvalue weighted by Gasteiger charge is 1.94. The second-order valence-corrected chi connectivity index (χ2v) is 2.55. The Morgan fingerprint density at radius 2 is 2.29 bits per heavy atom. The second-order valence-electron chi connectivity index (χ2n) is 2.55. The molecule has 0 bridgehead atoms. The van der Waals surface area contributed by atoms with E-state index in [1.807, 2.05) is 6.07 Å². The summed E-state index contributed by atoms with van der Waals surface area (Å²) in [6.45, 7) is 0. The van der Waals surface area contributed by atoms with Crippen LogP contribution < -0.4 is 4.74 Å². The van der Waals surface area contributed by atoms with Gasteiger partial charge in [-0.1, -0.05) is 6.07 Å². The van der Waals surface area contributed by atoms with Crippen molar-refractivity contribution in [2.75, 3.05) is 14.2 Å². The largest absolute Gasteiger partial charge is 0.496 e. The van der Waals surface area contributed by atoms with Gasteiger partial charge < -0.3 is 9.47 Å². The number of rotatable bonds is 3. The summed E-state index contributed by atoms with van der Waals surface area (Å²) >= 11 is 0. The lowest BCUT2D eigenvalue weighted by molar-refractivity contribution is -0.134. The van der Waals surface area contributed by atoms with Crippen molar-refractivity contribution in [3.8, 4) is 5.75 Å². The molecule has 0 aromatic heterocycles. The summed E-state index contributed by atoms with van der Waals surface area (Å²) in [5, 5.41) is 0. The zero-order valence-corrected chi connectivity index (χ0v) is 8.11. The van der Waals surface area contributed by atoms with Gasteiger partial charge in [0.2, 0.25) is 0 Å². The Morgan fingerprint density at radius 1 is 1.50 bits per heavy atom. The lowest BCUT2D eigenvalue weighted by atomic mass is 10.2. The molecule has 0 aliphatic heterocycles. The summed E-state index contributed by atoms with van der Waals surface area (Å²) < 4.78 is 9.45. The van der Waals surface area contributed by atoms with E-state index in [4.69, 9.17) is 4.74 Å². The number of carbonyl (C=O) groups is 1. The molecule has 1 aromatic rings. The summed E-state index contributed by atoms with van der Waals surface area (Å²) in [6, 6.07) is 8.22. The van der Waals surface area contributed by atoms with E-state index < -0.39 is 0 Å². The van der Waals surface area contributed by atoms with Crippen LogP contribution in [-0.4, -0.2) is 20.2 Å². The van der Waals surface area contributed by atoms with Crippen LogP contribution >= 0.6 is 0 Å². The van der Waals surface area contributed by atoms with Crippen LogP contribution in [-0.2, 0) is 9.53 Å². The fourth-order valence-electron chi connectivity index (χ4n) is 0.915. The molecule has 1 radical (unpaired) electrons. The standard InChI is InChI=1S/C11H11O3/c1-13-10-5-3-4-9(8-10)6-7-11(12)14-2/h3-4,6-8H,1-2H3/b7-6+. The summed E-state index contributed by atoms with van der Waals surface area (Å²) in [4.78, 5) is 10.8. The fourth-order valence-corrected chi connectivity index (χ4v) is 0.915. The molecule has 1 rings (SSSR count). The molecule has 0 N–H and O–H groups in total. The Labute approximate surface area is 83.0 Å².